The number of carboxylic acids is 1. The van der Waals surface area contributed by atoms with Crippen molar-refractivity contribution in [1.82, 2.24) is 5.06 Å². The molecular weight excluding hydrogens is 150 g/mol. The maximum Gasteiger partial charge on any atom is 0.332 e. The highest BCUT2D eigenvalue weighted by molar-refractivity contribution is 5.77. The number of amides is 1. The molecule has 0 aromatic heterocycles. The number of rotatable bonds is 3. The summed E-state index contributed by atoms with van der Waals surface area (Å²) in [5.41, 5.74) is 0. The van der Waals surface area contributed by atoms with E-state index in [1.807, 2.05) is 0 Å². The minimum Gasteiger partial charge on any atom is -0.479 e. The third-order valence-electron chi connectivity index (χ3n) is 1.37. The van der Waals surface area contributed by atoms with Crippen molar-refractivity contribution in [2.75, 3.05) is 13.2 Å². The zero-order valence-electron chi connectivity index (χ0n) is 5.95. The van der Waals surface area contributed by atoms with Gasteiger partial charge in [-0.2, -0.15) is 0 Å². The summed E-state index contributed by atoms with van der Waals surface area (Å²) in [5.74, 6) is -1.20. The van der Waals surface area contributed by atoms with Crippen LogP contribution in [0.15, 0.2) is 0 Å². The fraction of sp³-hybridized carbons (Fsp3) is 0.667. The summed E-state index contributed by atoms with van der Waals surface area (Å²) < 4.78 is 0. The smallest absolute Gasteiger partial charge is 0.332 e. The summed E-state index contributed by atoms with van der Waals surface area (Å²) in [6.07, 6.45) is 1.21. The van der Waals surface area contributed by atoms with Gasteiger partial charge in [0.1, 0.15) is 0 Å². The molecule has 1 saturated heterocycles. The lowest BCUT2D eigenvalue weighted by molar-refractivity contribution is -0.185. The Kier molecular flexibility index (Phi) is 2.43. The Morgan fingerprint density at radius 1 is 1.73 bits per heavy atom. The molecule has 0 spiro atoms. The molecule has 0 radical (unpaired) electrons. The number of carboxylic acid groups (broad SMARTS) is 1. The molecule has 0 bridgehead atoms. The first-order chi connectivity index (χ1) is 5.20. The van der Waals surface area contributed by atoms with Gasteiger partial charge >= 0.3 is 5.97 Å². The third-order valence-corrected chi connectivity index (χ3v) is 1.37. The Morgan fingerprint density at radius 2 is 2.45 bits per heavy atom. The van der Waals surface area contributed by atoms with E-state index in [-0.39, 0.29) is 5.91 Å². The molecule has 0 atom stereocenters. The van der Waals surface area contributed by atoms with Crippen molar-refractivity contribution in [1.29, 1.82) is 0 Å². The average Bonchev–Trinajstić information content (AvgIpc) is 2.31. The number of aliphatic carboxylic acids is 1. The van der Waals surface area contributed by atoms with E-state index in [0.29, 0.717) is 13.0 Å². The molecule has 1 heterocycles. The van der Waals surface area contributed by atoms with Gasteiger partial charge in [0.2, 0.25) is 5.91 Å². The number of carbonyl (C=O) groups excluding carboxylic acids is 1. The predicted octanol–water partition coefficient (Wildman–Crippen LogP) is -0.375. The van der Waals surface area contributed by atoms with Crippen molar-refractivity contribution in [3.05, 3.63) is 0 Å². The van der Waals surface area contributed by atoms with Crippen LogP contribution in [0.3, 0.4) is 0 Å². The first-order valence-electron chi connectivity index (χ1n) is 3.35. The van der Waals surface area contributed by atoms with E-state index in [1.165, 1.54) is 0 Å². The first kappa shape index (κ1) is 8.00. The molecule has 1 rings (SSSR count). The highest BCUT2D eigenvalue weighted by Gasteiger charge is 2.21. The third kappa shape index (κ3) is 2.19. The summed E-state index contributed by atoms with van der Waals surface area (Å²) in [6.45, 7) is 0.0673. The summed E-state index contributed by atoms with van der Waals surface area (Å²) in [5, 5.41) is 9.30. The lowest BCUT2D eigenvalue weighted by Gasteiger charge is -2.12. The summed E-state index contributed by atoms with van der Waals surface area (Å²) in [6, 6.07) is 0. The number of hydroxylamine groups is 2. The van der Waals surface area contributed by atoms with Crippen molar-refractivity contribution in [3.63, 3.8) is 0 Å². The Labute approximate surface area is 63.5 Å². The van der Waals surface area contributed by atoms with Gasteiger partial charge < -0.3 is 5.11 Å². The van der Waals surface area contributed by atoms with E-state index < -0.39 is 12.6 Å². The molecule has 1 aliphatic rings. The minimum absolute atomic E-state index is 0.133. The van der Waals surface area contributed by atoms with Crippen LogP contribution in [0.4, 0.5) is 0 Å². The molecule has 1 fully saturated rings. The normalized spacial score (nSPS) is 17.5. The summed E-state index contributed by atoms with van der Waals surface area (Å²) in [7, 11) is 0. The molecule has 62 valence electrons. The van der Waals surface area contributed by atoms with Gasteiger partial charge in [-0.3, -0.25) is 9.63 Å². The van der Waals surface area contributed by atoms with Crippen LogP contribution >= 0.6 is 0 Å². The topological polar surface area (TPSA) is 66.8 Å². The van der Waals surface area contributed by atoms with Crippen LogP contribution in [-0.4, -0.2) is 35.2 Å². The monoisotopic (exact) mass is 159 g/mol. The predicted molar refractivity (Wildman–Crippen MR) is 34.5 cm³/mol. The van der Waals surface area contributed by atoms with Gasteiger partial charge in [-0.15, -0.1) is 0 Å². The molecule has 1 aliphatic heterocycles. The Bertz CT molecular complexity index is 179. The van der Waals surface area contributed by atoms with Crippen LogP contribution in [0.2, 0.25) is 0 Å². The van der Waals surface area contributed by atoms with E-state index in [2.05, 4.69) is 4.84 Å². The lowest BCUT2D eigenvalue weighted by Crippen LogP contribution is -2.27. The molecule has 1 amide bonds. The van der Waals surface area contributed by atoms with Crippen LogP contribution < -0.4 is 0 Å². The molecule has 1 N–H and O–H groups in total. The van der Waals surface area contributed by atoms with E-state index in [4.69, 9.17) is 5.11 Å². The molecule has 0 unspecified atom stereocenters. The maximum absolute atomic E-state index is 10.8. The molecule has 0 aromatic rings. The van der Waals surface area contributed by atoms with Crippen LogP contribution in [0, 0.1) is 0 Å². The van der Waals surface area contributed by atoms with Gasteiger partial charge in [-0.25, -0.2) is 9.86 Å². The van der Waals surface area contributed by atoms with Gasteiger partial charge in [0, 0.05) is 13.0 Å². The van der Waals surface area contributed by atoms with Gasteiger partial charge in [-0.05, 0) is 6.42 Å². The molecule has 0 aromatic carbocycles. The van der Waals surface area contributed by atoms with Gasteiger partial charge in [0.05, 0.1) is 0 Å². The Morgan fingerprint density at radius 3 is 2.91 bits per heavy atom. The van der Waals surface area contributed by atoms with Crippen LogP contribution in [0.25, 0.3) is 0 Å². The highest BCUT2D eigenvalue weighted by Crippen LogP contribution is 2.08. The van der Waals surface area contributed by atoms with Crippen molar-refractivity contribution in [3.8, 4) is 0 Å². The zero-order chi connectivity index (χ0) is 8.27. The number of hydrogen-bond donors (Lipinski definition) is 1. The van der Waals surface area contributed by atoms with Gasteiger partial charge in [0.15, 0.2) is 6.61 Å². The van der Waals surface area contributed by atoms with E-state index >= 15 is 0 Å². The molecule has 0 saturated carbocycles. The van der Waals surface area contributed by atoms with Gasteiger partial charge in [0.25, 0.3) is 0 Å². The quantitative estimate of drug-likeness (QED) is 0.609. The van der Waals surface area contributed by atoms with Crippen LogP contribution in [0.1, 0.15) is 12.8 Å². The molecular formula is C6H9NO4. The number of hydrogen-bond acceptors (Lipinski definition) is 3. The molecule has 0 aliphatic carbocycles. The average molecular weight is 159 g/mol. The minimum atomic E-state index is -1.07. The second-order valence-electron chi connectivity index (χ2n) is 2.27. The SMILES string of the molecule is O=C(O)CON1CCCC1=O. The Balaban J connectivity index is 2.26. The zero-order valence-corrected chi connectivity index (χ0v) is 5.95. The fourth-order valence-corrected chi connectivity index (χ4v) is 0.893. The molecule has 5 heteroatoms. The van der Waals surface area contributed by atoms with E-state index in [1.54, 1.807) is 0 Å². The second-order valence-corrected chi connectivity index (χ2v) is 2.27. The summed E-state index contributed by atoms with van der Waals surface area (Å²) in [4.78, 5) is 25.5. The largest absolute Gasteiger partial charge is 0.479 e. The lowest BCUT2D eigenvalue weighted by atomic mass is 10.4. The van der Waals surface area contributed by atoms with E-state index in [9.17, 15) is 9.59 Å². The van der Waals surface area contributed by atoms with Crippen molar-refractivity contribution >= 4 is 11.9 Å². The second kappa shape index (κ2) is 3.34. The van der Waals surface area contributed by atoms with E-state index in [0.717, 1.165) is 11.5 Å². The first-order valence-corrected chi connectivity index (χ1v) is 3.35. The van der Waals surface area contributed by atoms with Crippen LogP contribution in [0.5, 0.6) is 0 Å². The maximum atomic E-state index is 10.8. The standard InChI is InChI=1S/C6H9NO4/c8-5-2-1-3-7(5)11-4-6(9)10/h1-4H2,(H,9,10). The van der Waals surface area contributed by atoms with Crippen molar-refractivity contribution < 1.29 is 19.5 Å². The number of nitrogens with zero attached hydrogens (tertiary/aromatic N) is 1. The number of carbonyl (C=O) groups is 2. The summed E-state index contributed by atoms with van der Waals surface area (Å²) >= 11 is 0. The highest BCUT2D eigenvalue weighted by atomic mass is 16.7. The Hall–Kier alpha value is -1.10. The molecule has 11 heavy (non-hydrogen) atoms. The fourth-order valence-electron chi connectivity index (χ4n) is 0.893. The van der Waals surface area contributed by atoms with Gasteiger partial charge in [-0.1, -0.05) is 0 Å². The van der Waals surface area contributed by atoms with Crippen molar-refractivity contribution in [2.45, 2.75) is 12.8 Å². The van der Waals surface area contributed by atoms with Crippen LogP contribution in [-0.2, 0) is 14.4 Å². The molecule has 5 nitrogen and oxygen atoms in total. The van der Waals surface area contributed by atoms with Crippen molar-refractivity contribution in [2.24, 2.45) is 0 Å².